The Balaban J connectivity index is 1.07. The number of allylic oxidation sites excluding steroid dienone is 4. The molecular weight excluding hydrogens is 713 g/mol. The molecule has 282 valence electrons. The van der Waals surface area contributed by atoms with Crippen LogP contribution in [0.3, 0.4) is 0 Å². The lowest BCUT2D eigenvalue weighted by Crippen LogP contribution is -2.00. The van der Waals surface area contributed by atoms with E-state index in [0.29, 0.717) is 0 Å². The summed E-state index contributed by atoms with van der Waals surface area (Å²) in [6, 6.07) is 67.5. The lowest BCUT2D eigenvalue weighted by molar-refractivity contribution is 0.925. The highest BCUT2D eigenvalue weighted by atomic mass is 15.0. The molecule has 0 radical (unpaired) electrons. The Kier molecular flexibility index (Phi) is 8.52. The minimum atomic E-state index is 0.209. The highest BCUT2D eigenvalue weighted by Gasteiger charge is 2.20. The van der Waals surface area contributed by atoms with Crippen LogP contribution >= 0.6 is 0 Å². The van der Waals surface area contributed by atoms with Gasteiger partial charge in [0.2, 0.25) is 0 Å². The fourth-order valence-electron chi connectivity index (χ4n) is 9.61. The molecule has 1 aliphatic carbocycles. The predicted octanol–water partition coefficient (Wildman–Crippen LogP) is 15.5. The van der Waals surface area contributed by atoms with E-state index in [0.717, 1.165) is 12.8 Å². The van der Waals surface area contributed by atoms with Crippen LogP contribution in [0.15, 0.2) is 200 Å². The quantitative estimate of drug-likeness (QED) is 0.153. The van der Waals surface area contributed by atoms with E-state index >= 15 is 0 Å². The van der Waals surface area contributed by atoms with Crippen molar-refractivity contribution >= 4 is 49.3 Å². The van der Waals surface area contributed by atoms with E-state index in [4.69, 9.17) is 0 Å². The van der Waals surface area contributed by atoms with Gasteiger partial charge in [0.05, 0.1) is 22.1 Å². The van der Waals surface area contributed by atoms with Crippen LogP contribution in [0.4, 0.5) is 0 Å². The molecule has 59 heavy (non-hydrogen) atoms. The molecule has 10 aromatic rings. The number of rotatable bonds is 7. The third-order valence-corrected chi connectivity index (χ3v) is 12.7. The lowest BCUT2D eigenvalue weighted by Gasteiger charge is -2.21. The molecule has 0 aliphatic heterocycles. The largest absolute Gasteiger partial charge is 0.313 e. The number of para-hydroxylation sites is 3. The molecule has 2 aromatic heterocycles. The van der Waals surface area contributed by atoms with E-state index in [1.807, 2.05) is 0 Å². The molecule has 0 bridgehead atoms. The van der Waals surface area contributed by atoms with Gasteiger partial charge in [-0.05, 0) is 137 Å². The SMILES string of the molecule is Cc1ccc(-c2ccc3c(c2)c2ccccc2n3C2=CC=CCC2)cc1-c1cc(-c2ccc3c(c2)c2ccccc2n3-c2ccccc2)ccc1C(C)c1ccccc1. The van der Waals surface area contributed by atoms with Crippen molar-refractivity contribution in [3.05, 3.63) is 217 Å². The van der Waals surface area contributed by atoms with E-state index in [-0.39, 0.29) is 5.92 Å². The highest BCUT2D eigenvalue weighted by Crippen LogP contribution is 2.42. The van der Waals surface area contributed by atoms with Gasteiger partial charge in [-0.25, -0.2) is 0 Å². The van der Waals surface area contributed by atoms with Crippen LogP contribution in [-0.4, -0.2) is 9.13 Å². The standard InChI is InChI=1S/C57H44N2/c1-38-26-27-41(43-29-32-56-52(36-43)48-22-12-14-24-54(48)58(56)45-18-8-4-9-19-45)34-50(38)51-35-42(28-31-47(51)39(2)40-16-6-3-7-17-40)44-30-33-57-53(37-44)49-23-13-15-25-55(49)59(57)46-20-10-5-11-21-46/h3-8,10-18,20-37,39H,9,19H2,1-2H3. The summed E-state index contributed by atoms with van der Waals surface area (Å²) >= 11 is 0. The molecule has 0 spiro atoms. The summed E-state index contributed by atoms with van der Waals surface area (Å²) in [5, 5.41) is 5.11. The Hall–Kier alpha value is -7.16. The monoisotopic (exact) mass is 756 g/mol. The molecule has 1 aliphatic rings. The molecule has 0 amide bonds. The fourth-order valence-corrected chi connectivity index (χ4v) is 9.61. The Morgan fingerprint density at radius 3 is 1.64 bits per heavy atom. The molecule has 11 rings (SSSR count). The number of hydrogen-bond acceptors (Lipinski definition) is 0. The zero-order valence-electron chi connectivity index (χ0n) is 33.4. The second kappa shape index (κ2) is 14.3. The number of aromatic nitrogens is 2. The highest BCUT2D eigenvalue weighted by molar-refractivity contribution is 6.12. The van der Waals surface area contributed by atoms with E-state index in [9.17, 15) is 0 Å². The average Bonchev–Trinajstić information content (AvgIpc) is 3.82. The number of benzene rings is 8. The molecule has 0 saturated heterocycles. The average molecular weight is 757 g/mol. The molecule has 0 N–H and O–H groups in total. The van der Waals surface area contributed by atoms with Gasteiger partial charge in [-0.15, -0.1) is 0 Å². The maximum absolute atomic E-state index is 2.47. The van der Waals surface area contributed by atoms with Crippen molar-refractivity contribution in [1.29, 1.82) is 0 Å². The van der Waals surface area contributed by atoms with Gasteiger partial charge >= 0.3 is 0 Å². The summed E-state index contributed by atoms with van der Waals surface area (Å²) in [7, 11) is 0. The minimum absolute atomic E-state index is 0.209. The van der Waals surface area contributed by atoms with Crippen molar-refractivity contribution in [1.82, 2.24) is 9.13 Å². The van der Waals surface area contributed by atoms with Gasteiger partial charge in [-0.1, -0.05) is 140 Å². The Morgan fingerprint density at radius 1 is 0.458 bits per heavy atom. The molecule has 0 saturated carbocycles. The first-order valence-electron chi connectivity index (χ1n) is 20.9. The third kappa shape index (κ3) is 5.94. The normalized spacial score (nSPS) is 13.4. The van der Waals surface area contributed by atoms with Crippen molar-refractivity contribution in [2.45, 2.75) is 32.6 Å². The molecule has 8 aromatic carbocycles. The number of fused-ring (bicyclic) bond motifs is 6. The number of hydrogen-bond donors (Lipinski definition) is 0. The second-order valence-corrected chi connectivity index (χ2v) is 16.1. The van der Waals surface area contributed by atoms with Crippen molar-refractivity contribution < 1.29 is 0 Å². The first-order chi connectivity index (χ1) is 29.1. The predicted molar refractivity (Wildman–Crippen MR) is 251 cm³/mol. The van der Waals surface area contributed by atoms with Crippen LogP contribution < -0.4 is 0 Å². The smallest absolute Gasteiger partial charge is 0.0541 e. The summed E-state index contributed by atoms with van der Waals surface area (Å²) in [5.41, 5.74) is 18.8. The molecule has 2 heterocycles. The third-order valence-electron chi connectivity index (χ3n) is 12.7. The Bertz CT molecular complexity index is 3280. The summed E-state index contributed by atoms with van der Waals surface area (Å²) < 4.78 is 4.86. The molecule has 1 atom stereocenters. The van der Waals surface area contributed by atoms with E-state index in [2.05, 4.69) is 223 Å². The van der Waals surface area contributed by atoms with Crippen LogP contribution in [0.5, 0.6) is 0 Å². The van der Waals surface area contributed by atoms with Gasteiger partial charge in [0, 0.05) is 38.8 Å². The Morgan fingerprint density at radius 2 is 0.983 bits per heavy atom. The zero-order valence-corrected chi connectivity index (χ0v) is 33.4. The molecule has 2 nitrogen and oxygen atoms in total. The number of nitrogens with zero attached hydrogens (tertiary/aromatic N) is 2. The van der Waals surface area contributed by atoms with E-state index in [1.54, 1.807) is 0 Å². The second-order valence-electron chi connectivity index (χ2n) is 16.1. The van der Waals surface area contributed by atoms with Gasteiger partial charge < -0.3 is 9.13 Å². The molecule has 0 fully saturated rings. The van der Waals surface area contributed by atoms with Crippen molar-refractivity contribution in [3.63, 3.8) is 0 Å². The summed E-state index contributed by atoms with van der Waals surface area (Å²) in [6.45, 7) is 4.61. The first kappa shape index (κ1) is 35.0. The first-order valence-corrected chi connectivity index (χ1v) is 20.9. The van der Waals surface area contributed by atoms with Gasteiger partial charge in [0.25, 0.3) is 0 Å². The summed E-state index contributed by atoms with van der Waals surface area (Å²) in [4.78, 5) is 0. The van der Waals surface area contributed by atoms with Gasteiger partial charge in [-0.2, -0.15) is 0 Å². The van der Waals surface area contributed by atoms with Crippen LogP contribution in [0.1, 0.15) is 42.4 Å². The molecule has 1 unspecified atom stereocenters. The zero-order chi connectivity index (χ0) is 39.5. The van der Waals surface area contributed by atoms with Crippen LogP contribution in [0, 0.1) is 6.92 Å². The topological polar surface area (TPSA) is 9.86 Å². The maximum Gasteiger partial charge on any atom is 0.0541 e. The Labute approximate surface area is 345 Å². The summed E-state index contributed by atoms with van der Waals surface area (Å²) in [6.07, 6.45) is 8.85. The van der Waals surface area contributed by atoms with Crippen molar-refractivity contribution in [3.8, 4) is 39.1 Å². The number of aryl methyl sites for hydroxylation is 1. The van der Waals surface area contributed by atoms with E-state index < -0.39 is 0 Å². The van der Waals surface area contributed by atoms with E-state index in [1.165, 1.54) is 105 Å². The van der Waals surface area contributed by atoms with Crippen LogP contribution in [-0.2, 0) is 0 Å². The van der Waals surface area contributed by atoms with Crippen LogP contribution in [0.2, 0.25) is 0 Å². The van der Waals surface area contributed by atoms with Gasteiger partial charge in [0.1, 0.15) is 0 Å². The molecular formula is C57H44N2. The lowest BCUT2D eigenvalue weighted by atomic mass is 9.83. The van der Waals surface area contributed by atoms with Crippen LogP contribution in [0.25, 0.3) is 88.4 Å². The minimum Gasteiger partial charge on any atom is -0.313 e. The molecule has 2 heteroatoms. The maximum atomic E-state index is 2.47. The van der Waals surface area contributed by atoms with Gasteiger partial charge in [-0.3, -0.25) is 0 Å². The van der Waals surface area contributed by atoms with Crippen molar-refractivity contribution in [2.75, 3.05) is 0 Å². The summed E-state index contributed by atoms with van der Waals surface area (Å²) in [5.74, 6) is 0.209. The van der Waals surface area contributed by atoms with Crippen molar-refractivity contribution in [2.24, 2.45) is 0 Å². The fraction of sp³-hybridized carbons (Fsp3) is 0.0877. The van der Waals surface area contributed by atoms with Gasteiger partial charge in [0.15, 0.2) is 0 Å².